The molecule has 5 N–H and O–H groups in total. The van der Waals surface area contributed by atoms with Gasteiger partial charge in [0, 0.05) is 48.3 Å². The summed E-state index contributed by atoms with van der Waals surface area (Å²) in [6.45, 7) is 0.756. The highest BCUT2D eigenvalue weighted by atomic mass is 32.1. The molecular weight excluding hydrogens is 438 g/mol. The van der Waals surface area contributed by atoms with Crippen LogP contribution in [0.25, 0.3) is 0 Å². The maximum Gasteiger partial charge on any atom is 0.270 e. The molecule has 0 bridgehead atoms. The van der Waals surface area contributed by atoms with Gasteiger partial charge < -0.3 is 21.7 Å². The van der Waals surface area contributed by atoms with Crippen LogP contribution >= 0.6 is 11.3 Å². The van der Waals surface area contributed by atoms with Gasteiger partial charge in [-0.05, 0) is 60.5 Å². The van der Waals surface area contributed by atoms with Crippen molar-refractivity contribution in [3.05, 3.63) is 90.1 Å². The van der Waals surface area contributed by atoms with Crippen LogP contribution < -0.4 is 21.7 Å². The van der Waals surface area contributed by atoms with Crippen molar-refractivity contribution in [2.75, 3.05) is 22.5 Å². The topological polar surface area (TPSA) is 135 Å². The number of hydrogen-bond acceptors (Lipinski definition) is 8. The molecule has 1 aromatic carbocycles. The number of carbonyl (C=O) groups is 2. The van der Waals surface area contributed by atoms with Crippen LogP contribution in [0.1, 0.15) is 26.4 Å². The summed E-state index contributed by atoms with van der Waals surface area (Å²) in [6.07, 6.45) is 7.67. The van der Waals surface area contributed by atoms with E-state index in [0.717, 1.165) is 35.7 Å². The van der Waals surface area contributed by atoms with Crippen molar-refractivity contribution in [1.82, 2.24) is 15.0 Å². The van der Waals surface area contributed by atoms with Crippen LogP contribution in [0.2, 0.25) is 0 Å². The molecule has 4 rings (SSSR count). The Labute approximate surface area is 194 Å². The van der Waals surface area contributed by atoms with Gasteiger partial charge in [-0.2, -0.15) is 0 Å². The largest absolute Gasteiger partial charge is 0.385 e. The van der Waals surface area contributed by atoms with Gasteiger partial charge in [-0.3, -0.25) is 19.6 Å². The van der Waals surface area contributed by atoms with Crippen molar-refractivity contribution < 1.29 is 9.59 Å². The Morgan fingerprint density at radius 1 is 0.879 bits per heavy atom. The van der Waals surface area contributed by atoms with Gasteiger partial charge in [-0.1, -0.05) is 11.3 Å². The zero-order valence-electron chi connectivity index (χ0n) is 17.5. The summed E-state index contributed by atoms with van der Waals surface area (Å²) in [4.78, 5) is 36.7. The third-order valence-corrected chi connectivity index (χ3v) is 5.54. The van der Waals surface area contributed by atoms with Crippen molar-refractivity contribution in [2.24, 2.45) is 5.73 Å². The number of carbonyl (C=O) groups excluding carboxylic acids is 2. The van der Waals surface area contributed by atoms with Gasteiger partial charge >= 0.3 is 0 Å². The number of amides is 2. The Morgan fingerprint density at radius 2 is 1.55 bits per heavy atom. The van der Waals surface area contributed by atoms with Crippen LogP contribution in [-0.2, 0) is 6.42 Å². The average Bonchev–Trinajstić information content (AvgIpc) is 3.23. The first-order valence-corrected chi connectivity index (χ1v) is 10.9. The van der Waals surface area contributed by atoms with Gasteiger partial charge in [0.05, 0.1) is 0 Å². The second-order valence-corrected chi connectivity index (χ2v) is 7.98. The smallest absolute Gasteiger partial charge is 0.270 e. The van der Waals surface area contributed by atoms with Crippen LogP contribution in [-0.4, -0.2) is 33.3 Å². The highest BCUT2D eigenvalue weighted by Crippen LogP contribution is 2.30. The van der Waals surface area contributed by atoms with E-state index in [2.05, 4.69) is 30.9 Å². The molecule has 0 aliphatic heterocycles. The molecule has 9 nitrogen and oxygen atoms in total. The lowest BCUT2D eigenvalue weighted by molar-refractivity contribution is 0.0997. The van der Waals surface area contributed by atoms with Crippen LogP contribution in [0, 0.1) is 0 Å². The minimum atomic E-state index is -0.724. The SMILES string of the molecule is NC(=O)c1nc(Nc2ccncc2)sc1NC(=O)c1ccc(NCCc2ccncc2)cc1. The van der Waals surface area contributed by atoms with E-state index in [-0.39, 0.29) is 16.6 Å². The number of hydrogen-bond donors (Lipinski definition) is 4. The van der Waals surface area contributed by atoms with Crippen LogP contribution in [0.4, 0.5) is 21.5 Å². The number of nitrogens with two attached hydrogens (primary N) is 1. The first-order chi connectivity index (χ1) is 16.1. The molecule has 3 aromatic heterocycles. The number of pyridine rings is 2. The molecule has 33 heavy (non-hydrogen) atoms. The summed E-state index contributed by atoms with van der Waals surface area (Å²) in [5.41, 5.74) is 8.74. The first-order valence-electron chi connectivity index (χ1n) is 10.1. The lowest BCUT2D eigenvalue weighted by atomic mass is 10.1. The van der Waals surface area contributed by atoms with Gasteiger partial charge in [0.15, 0.2) is 10.8 Å². The summed E-state index contributed by atoms with van der Waals surface area (Å²) in [5, 5.41) is 9.84. The number of nitrogens with zero attached hydrogens (tertiary/aromatic N) is 3. The summed E-state index contributed by atoms with van der Waals surface area (Å²) in [5.74, 6) is -1.09. The molecular formula is C23H21N7O2S. The third-order valence-electron chi connectivity index (χ3n) is 4.66. The quantitative estimate of drug-likeness (QED) is 0.300. The number of anilines is 4. The molecule has 0 saturated carbocycles. The fraction of sp³-hybridized carbons (Fsp3) is 0.0870. The number of rotatable bonds is 9. The molecule has 0 fully saturated rings. The predicted molar refractivity (Wildman–Crippen MR) is 129 cm³/mol. The van der Waals surface area contributed by atoms with Crippen molar-refractivity contribution in [3.63, 3.8) is 0 Å². The molecule has 2 amide bonds. The van der Waals surface area contributed by atoms with E-state index < -0.39 is 5.91 Å². The summed E-state index contributed by atoms with van der Waals surface area (Å²) in [6, 6.07) is 14.6. The van der Waals surface area contributed by atoms with Crippen LogP contribution in [0.15, 0.2) is 73.3 Å². The molecule has 0 aliphatic carbocycles. The summed E-state index contributed by atoms with van der Waals surface area (Å²) < 4.78 is 0. The van der Waals surface area contributed by atoms with E-state index >= 15 is 0 Å². The number of thiazole rings is 1. The maximum absolute atomic E-state index is 12.7. The van der Waals surface area contributed by atoms with Gasteiger partial charge in [-0.15, -0.1) is 0 Å². The van der Waals surface area contributed by atoms with Gasteiger partial charge in [0.1, 0.15) is 5.00 Å². The Kier molecular flexibility index (Phi) is 6.86. The Bertz CT molecular complexity index is 1230. The third kappa shape index (κ3) is 5.89. The normalized spacial score (nSPS) is 10.4. The fourth-order valence-electron chi connectivity index (χ4n) is 3.00. The summed E-state index contributed by atoms with van der Waals surface area (Å²) >= 11 is 1.13. The van der Waals surface area contributed by atoms with E-state index in [1.807, 2.05) is 24.3 Å². The van der Waals surface area contributed by atoms with Crippen molar-refractivity contribution in [3.8, 4) is 0 Å². The van der Waals surface area contributed by atoms with E-state index in [9.17, 15) is 9.59 Å². The maximum atomic E-state index is 12.7. The number of primary amides is 1. The lowest BCUT2D eigenvalue weighted by Crippen LogP contribution is -2.17. The fourth-order valence-corrected chi connectivity index (χ4v) is 3.89. The molecule has 4 aromatic rings. The zero-order valence-corrected chi connectivity index (χ0v) is 18.3. The molecule has 0 aliphatic rings. The number of benzene rings is 1. The Hall–Kier alpha value is -4.31. The molecule has 3 heterocycles. The van der Waals surface area contributed by atoms with Crippen LogP contribution in [0.5, 0.6) is 0 Å². The Morgan fingerprint density at radius 3 is 2.21 bits per heavy atom. The van der Waals surface area contributed by atoms with E-state index in [1.54, 1.807) is 49.1 Å². The average molecular weight is 460 g/mol. The standard InChI is InChI=1S/C23H21N7O2S/c24-20(31)19-22(33-23(29-19)28-18-8-12-26-13-9-18)30-21(32)16-1-3-17(4-2-16)27-14-7-15-5-10-25-11-6-15/h1-6,8-13,27H,7,14H2,(H2,24,31)(H,30,32)(H,26,28,29). The van der Waals surface area contributed by atoms with E-state index in [0.29, 0.717) is 10.7 Å². The minimum absolute atomic E-state index is 0.000644. The number of nitrogens with one attached hydrogen (secondary N) is 3. The lowest BCUT2D eigenvalue weighted by Gasteiger charge is -2.08. The van der Waals surface area contributed by atoms with Crippen molar-refractivity contribution in [1.29, 1.82) is 0 Å². The molecule has 166 valence electrons. The highest BCUT2D eigenvalue weighted by molar-refractivity contribution is 7.20. The van der Waals surface area contributed by atoms with E-state index in [4.69, 9.17) is 5.73 Å². The molecule has 0 radical (unpaired) electrons. The molecule has 0 spiro atoms. The van der Waals surface area contributed by atoms with E-state index in [1.165, 1.54) is 5.56 Å². The summed E-state index contributed by atoms with van der Waals surface area (Å²) in [7, 11) is 0. The van der Waals surface area contributed by atoms with Gasteiger partial charge in [0.2, 0.25) is 0 Å². The van der Waals surface area contributed by atoms with Gasteiger partial charge in [0.25, 0.3) is 11.8 Å². The van der Waals surface area contributed by atoms with Crippen LogP contribution in [0.3, 0.4) is 0 Å². The molecule has 0 atom stereocenters. The zero-order chi connectivity index (χ0) is 23.0. The minimum Gasteiger partial charge on any atom is -0.385 e. The second-order valence-electron chi connectivity index (χ2n) is 6.99. The first kappa shape index (κ1) is 21.9. The van der Waals surface area contributed by atoms with Crippen molar-refractivity contribution >= 4 is 44.7 Å². The molecule has 0 unspecified atom stereocenters. The highest BCUT2D eigenvalue weighted by Gasteiger charge is 2.19. The predicted octanol–water partition coefficient (Wildman–Crippen LogP) is 3.68. The molecule has 10 heteroatoms. The van der Waals surface area contributed by atoms with Gasteiger partial charge in [-0.25, -0.2) is 4.98 Å². The second kappa shape index (κ2) is 10.3. The molecule has 0 saturated heterocycles. The van der Waals surface area contributed by atoms with Crippen molar-refractivity contribution in [2.45, 2.75) is 6.42 Å². The Balaban J connectivity index is 1.38. The monoisotopic (exact) mass is 459 g/mol. The number of aromatic nitrogens is 3.